The molecule has 1 unspecified atom stereocenters. The van der Waals surface area contributed by atoms with Gasteiger partial charge in [0.25, 0.3) is 11.5 Å². The minimum atomic E-state index is -1.28. The van der Waals surface area contributed by atoms with Gasteiger partial charge in [0.05, 0.1) is 22.2 Å². The number of nitrogens with two attached hydrogens (primary N) is 1. The Morgan fingerprint density at radius 3 is 2.63 bits per heavy atom. The van der Waals surface area contributed by atoms with Crippen LogP contribution in [0.4, 0.5) is 14.5 Å². The highest BCUT2D eigenvalue weighted by Crippen LogP contribution is 2.28. The molecule has 10 heteroatoms. The van der Waals surface area contributed by atoms with Crippen molar-refractivity contribution < 1.29 is 13.6 Å². The number of halogens is 3. The summed E-state index contributed by atoms with van der Waals surface area (Å²) >= 11 is 6.18. The van der Waals surface area contributed by atoms with Crippen molar-refractivity contribution in [1.82, 2.24) is 14.6 Å². The van der Waals surface area contributed by atoms with Crippen LogP contribution in [0.1, 0.15) is 35.1 Å². The van der Waals surface area contributed by atoms with Gasteiger partial charge in [-0.3, -0.25) is 15.0 Å². The predicted octanol–water partition coefficient (Wildman–Crippen LogP) is 4.76. The van der Waals surface area contributed by atoms with E-state index in [1.54, 1.807) is 36.4 Å². The fraction of sp³-hybridized carbons (Fsp3) is 0.179. The molecule has 38 heavy (non-hydrogen) atoms. The van der Waals surface area contributed by atoms with E-state index in [0.717, 1.165) is 6.07 Å². The molecule has 4 rings (SSSR count). The molecule has 0 radical (unpaired) electrons. The molecule has 0 aliphatic carbocycles. The van der Waals surface area contributed by atoms with Crippen LogP contribution in [0.15, 0.2) is 71.5 Å². The van der Waals surface area contributed by atoms with Gasteiger partial charge in [-0.1, -0.05) is 35.9 Å². The van der Waals surface area contributed by atoms with Crippen molar-refractivity contribution in [2.75, 3.05) is 18.5 Å². The van der Waals surface area contributed by atoms with E-state index in [2.05, 4.69) is 16.3 Å². The highest BCUT2D eigenvalue weighted by molar-refractivity contribution is 6.31. The van der Waals surface area contributed by atoms with Gasteiger partial charge < -0.3 is 10.6 Å². The van der Waals surface area contributed by atoms with Crippen LogP contribution in [0.2, 0.25) is 5.02 Å². The predicted molar refractivity (Wildman–Crippen MR) is 144 cm³/mol. The van der Waals surface area contributed by atoms with Crippen molar-refractivity contribution >= 4 is 34.1 Å². The van der Waals surface area contributed by atoms with Crippen LogP contribution in [-0.4, -0.2) is 33.6 Å². The van der Waals surface area contributed by atoms with Crippen LogP contribution < -0.4 is 16.7 Å². The molecule has 1 atom stereocenters. The summed E-state index contributed by atoms with van der Waals surface area (Å²) in [6.45, 7) is 0.264. The number of hydrogen-bond donors (Lipinski definition) is 2. The van der Waals surface area contributed by atoms with Crippen molar-refractivity contribution in [3.05, 3.63) is 105 Å². The molecule has 0 fully saturated rings. The van der Waals surface area contributed by atoms with Gasteiger partial charge >= 0.3 is 0 Å². The van der Waals surface area contributed by atoms with Crippen molar-refractivity contribution in [2.45, 2.75) is 18.9 Å². The van der Waals surface area contributed by atoms with E-state index in [1.807, 2.05) is 6.07 Å². The quantitative estimate of drug-likeness (QED) is 0.301. The Hall–Kier alpha value is -4.26. The summed E-state index contributed by atoms with van der Waals surface area (Å²) in [5, 5.41) is 0.632. The molecule has 0 aliphatic rings. The second-order valence-electron chi connectivity index (χ2n) is 8.42. The number of nitrogens with one attached hydrogen (secondary N) is 1. The van der Waals surface area contributed by atoms with Crippen LogP contribution in [0.5, 0.6) is 0 Å². The first-order valence-corrected chi connectivity index (χ1v) is 12.2. The third-order valence-corrected chi connectivity index (χ3v) is 6.14. The minimum Gasteiger partial charge on any atom is -0.330 e. The number of terminal acetylenes is 1. The van der Waals surface area contributed by atoms with Gasteiger partial charge in [-0.25, -0.2) is 18.4 Å². The van der Waals surface area contributed by atoms with E-state index < -0.39 is 34.7 Å². The number of benzene rings is 3. The summed E-state index contributed by atoms with van der Waals surface area (Å²) < 4.78 is 29.9. The third-order valence-electron chi connectivity index (χ3n) is 5.90. The number of carbonyl (C=O) groups is 1. The number of para-hydroxylation sites is 1. The molecule has 0 bridgehead atoms. The Kier molecular flexibility index (Phi) is 8.36. The Bertz CT molecular complexity index is 1570. The van der Waals surface area contributed by atoms with Crippen molar-refractivity contribution in [1.29, 1.82) is 0 Å². The molecule has 1 amide bonds. The standard InChI is InChI=1S/C28H24ClF2N5O2/c1-2-8-24(35(16-7-15-32)27(37)21-11-6-12-22(30)25(21)31)26-33-23-17-18(29)13-14-20(23)28(38)36(26)34-19-9-4-3-5-10-19/h1,3-6,9-14,17,24,34H,7-8,15-16,32H2. The first-order valence-electron chi connectivity index (χ1n) is 11.8. The number of carbonyl (C=O) groups excluding carboxylic acids is 1. The number of anilines is 1. The van der Waals surface area contributed by atoms with Crippen molar-refractivity contribution in [3.8, 4) is 12.3 Å². The van der Waals surface area contributed by atoms with Gasteiger partial charge in [0.1, 0.15) is 6.04 Å². The Morgan fingerprint density at radius 1 is 1.16 bits per heavy atom. The number of rotatable bonds is 9. The molecular weight excluding hydrogens is 512 g/mol. The second kappa shape index (κ2) is 11.9. The summed E-state index contributed by atoms with van der Waals surface area (Å²) in [6, 6.07) is 15.9. The zero-order valence-electron chi connectivity index (χ0n) is 20.2. The summed E-state index contributed by atoms with van der Waals surface area (Å²) in [6.07, 6.45) is 5.95. The maximum absolute atomic E-state index is 14.7. The number of nitrogens with zero attached hydrogens (tertiary/aromatic N) is 3. The average Bonchev–Trinajstić information content (AvgIpc) is 2.91. The lowest BCUT2D eigenvalue weighted by molar-refractivity contribution is 0.0660. The molecule has 0 saturated carbocycles. The zero-order valence-corrected chi connectivity index (χ0v) is 21.0. The lowest BCUT2D eigenvalue weighted by Crippen LogP contribution is -2.41. The fourth-order valence-electron chi connectivity index (χ4n) is 4.09. The van der Waals surface area contributed by atoms with Gasteiger partial charge in [0.2, 0.25) is 0 Å². The highest BCUT2D eigenvalue weighted by Gasteiger charge is 2.32. The van der Waals surface area contributed by atoms with E-state index in [0.29, 0.717) is 17.1 Å². The second-order valence-corrected chi connectivity index (χ2v) is 8.85. The molecule has 3 N–H and O–H groups in total. The lowest BCUT2D eigenvalue weighted by Gasteiger charge is -2.32. The third kappa shape index (κ3) is 5.52. The van der Waals surface area contributed by atoms with E-state index in [4.69, 9.17) is 23.8 Å². The SMILES string of the molecule is C#CCC(c1nc2cc(Cl)ccc2c(=O)n1Nc1ccccc1)N(CCCN)C(=O)c1cccc(F)c1F. The molecule has 0 aliphatic heterocycles. The number of fused-ring (bicyclic) bond motifs is 1. The Morgan fingerprint density at radius 2 is 1.92 bits per heavy atom. The molecule has 1 heterocycles. The summed E-state index contributed by atoms with van der Waals surface area (Å²) in [5.41, 5.74) is 8.68. The Balaban J connectivity index is 1.95. The maximum Gasteiger partial charge on any atom is 0.280 e. The average molecular weight is 536 g/mol. The molecule has 0 saturated heterocycles. The lowest BCUT2D eigenvalue weighted by atomic mass is 10.1. The van der Waals surface area contributed by atoms with E-state index >= 15 is 0 Å². The smallest absolute Gasteiger partial charge is 0.280 e. The molecule has 1 aromatic heterocycles. The maximum atomic E-state index is 14.7. The first kappa shape index (κ1) is 26.8. The molecule has 7 nitrogen and oxygen atoms in total. The van der Waals surface area contributed by atoms with Crippen LogP contribution in [-0.2, 0) is 0 Å². The van der Waals surface area contributed by atoms with Crippen LogP contribution in [0.3, 0.4) is 0 Å². The van der Waals surface area contributed by atoms with E-state index in [1.165, 1.54) is 27.8 Å². The van der Waals surface area contributed by atoms with Gasteiger partial charge in [-0.2, -0.15) is 0 Å². The van der Waals surface area contributed by atoms with Crippen molar-refractivity contribution in [3.63, 3.8) is 0 Å². The van der Waals surface area contributed by atoms with Gasteiger partial charge in [0, 0.05) is 18.0 Å². The fourth-order valence-corrected chi connectivity index (χ4v) is 4.25. The van der Waals surface area contributed by atoms with E-state index in [9.17, 15) is 18.4 Å². The molecular formula is C28H24ClF2N5O2. The number of amides is 1. The molecule has 4 aromatic rings. The number of aromatic nitrogens is 2. The molecule has 194 valence electrons. The van der Waals surface area contributed by atoms with E-state index in [-0.39, 0.29) is 36.2 Å². The summed E-state index contributed by atoms with van der Waals surface area (Å²) in [4.78, 5) is 33.3. The molecule has 3 aromatic carbocycles. The van der Waals surface area contributed by atoms with Crippen LogP contribution in [0.25, 0.3) is 10.9 Å². The molecule has 0 spiro atoms. The topological polar surface area (TPSA) is 93.2 Å². The van der Waals surface area contributed by atoms with Crippen molar-refractivity contribution in [2.24, 2.45) is 5.73 Å². The van der Waals surface area contributed by atoms with Gasteiger partial charge in [-0.05, 0) is 55.4 Å². The minimum absolute atomic E-state index is 0.0480. The summed E-state index contributed by atoms with van der Waals surface area (Å²) in [7, 11) is 0. The van der Waals surface area contributed by atoms with Crippen LogP contribution >= 0.6 is 11.6 Å². The van der Waals surface area contributed by atoms with Gasteiger partial charge in [-0.15, -0.1) is 12.3 Å². The highest BCUT2D eigenvalue weighted by atomic mass is 35.5. The Labute approximate surface area is 222 Å². The normalized spacial score (nSPS) is 11.7. The first-order chi connectivity index (χ1) is 18.3. The largest absolute Gasteiger partial charge is 0.330 e. The van der Waals surface area contributed by atoms with Gasteiger partial charge in [0.15, 0.2) is 17.5 Å². The zero-order chi connectivity index (χ0) is 27.2. The monoisotopic (exact) mass is 535 g/mol. The van der Waals surface area contributed by atoms with Crippen LogP contribution in [0, 0.1) is 24.0 Å². The summed E-state index contributed by atoms with van der Waals surface area (Å²) in [5.74, 6) is -0.650. The number of hydrogen-bond acceptors (Lipinski definition) is 5.